The molecule has 8 nitrogen and oxygen atoms in total. The largest absolute Gasteiger partial charge is 0.379 e. The van der Waals surface area contributed by atoms with Crippen LogP contribution in [-0.4, -0.2) is 61.0 Å². The van der Waals surface area contributed by atoms with Gasteiger partial charge in [0.05, 0.1) is 29.1 Å². The molecule has 0 spiro atoms. The van der Waals surface area contributed by atoms with Crippen molar-refractivity contribution in [3.05, 3.63) is 59.9 Å². The highest BCUT2D eigenvalue weighted by Gasteiger charge is 2.27. The van der Waals surface area contributed by atoms with E-state index in [0.717, 1.165) is 17.8 Å². The normalized spacial score (nSPS) is 15.2. The van der Waals surface area contributed by atoms with E-state index in [0.29, 0.717) is 51.2 Å². The van der Waals surface area contributed by atoms with Gasteiger partial charge in [0.2, 0.25) is 15.9 Å². The summed E-state index contributed by atoms with van der Waals surface area (Å²) in [6.07, 6.45) is 1.60. The van der Waals surface area contributed by atoms with Crippen LogP contribution < -0.4 is 5.32 Å². The van der Waals surface area contributed by atoms with Crippen molar-refractivity contribution in [2.45, 2.75) is 24.2 Å². The lowest BCUT2D eigenvalue weighted by atomic mass is 10.1. The molecule has 1 fully saturated rings. The molecule has 4 rings (SSSR count). The molecule has 2 aromatic carbocycles. The fraction of sp³-hybridized carbons (Fsp3) is 0.391. The second-order valence-corrected chi connectivity index (χ2v) is 9.78. The van der Waals surface area contributed by atoms with E-state index in [4.69, 9.17) is 4.74 Å². The molecule has 3 aromatic rings. The lowest BCUT2D eigenvalue weighted by Crippen LogP contribution is -2.40. The number of fused-ring (bicyclic) bond motifs is 1. The minimum Gasteiger partial charge on any atom is -0.379 e. The van der Waals surface area contributed by atoms with Crippen LogP contribution >= 0.6 is 0 Å². The summed E-state index contributed by atoms with van der Waals surface area (Å²) in [5.74, 6) is 0.725. The lowest BCUT2D eigenvalue weighted by molar-refractivity contribution is -0.121. The zero-order valence-corrected chi connectivity index (χ0v) is 19.0. The van der Waals surface area contributed by atoms with Crippen LogP contribution in [0.1, 0.15) is 17.8 Å². The Morgan fingerprint density at radius 2 is 1.84 bits per heavy atom. The van der Waals surface area contributed by atoms with Gasteiger partial charge in [0, 0.05) is 39.5 Å². The molecule has 9 heteroatoms. The summed E-state index contributed by atoms with van der Waals surface area (Å²) in [6, 6.07) is 15.0. The Bertz CT molecular complexity index is 1190. The minimum absolute atomic E-state index is 0.0245. The Balaban J connectivity index is 1.39. The van der Waals surface area contributed by atoms with Gasteiger partial charge in [0.15, 0.2) is 0 Å². The predicted octanol–water partition coefficient (Wildman–Crippen LogP) is 1.89. The number of hydrogen-bond donors (Lipinski definition) is 1. The molecule has 0 bridgehead atoms. The number of aromatic nitrogens is 2. The number of hydrogen-bond acceptors (Lipinski definition) is 5. The molecule has 0 unspecified atom stereocenters. The Kier molecular flexibility index (Phi) is 6.88. The van der Waals surface area contributed by atoms with Crippen LogP contribution in [0.5, 0.6) is 0 Å². The molecule has 1 amide bonds. The highest BCUT2D eigenvalue weighted by atomic mass is 32.2. The van der Waals surface area contributed by atoms with E-state index in [2.05, 4.69) is 10.3 Å². The number of morpholine rings is 1. The maximum absolute atomic E-state index is 12.9. The van der Waals surface area contributed by atoms with E-state index in [-0.39, 0.29) is 10.8 Å². The van der Waals surface area contributed by atoms with E-state index in [1.165, 1.54) is 9.87 Å². The third-order valence-electron chi connectivity index (χ3n) is 5.71. The number of rotatable bonds is 8. The van der Waals surface area contributed by atoms with Gasteiger partial charge in [-0.05, 0) is 30.2 Å². The number of benzene rings is 2. The SMILES string of the molecule is Cn1c(CCC(=O)NCCc2ccccc2)nc2cc(S(=O)(=O)N3CCOCC3)ccc21. The molecule has 2 heterocycles. The Hall–Kier alpha value is -2.75. The molecule has 0 atom stereocenters. The van der Waals surface area contributed by atoms with Crippen molar-refractivity contribution < 1.29 is 17.9 Å². The average Bonchev–Trinajstić information content (AvgIpc) is 3.14. The number of sulfonamides is 1. The molecular formula is C23H28N4O4S. The Morgan fingerprint density at radius 3 is 2.59 bits per heavy atom. The number of imidazole rings is 1. The first-order chi connectivity index (χ1) is 15.4. The van der Waals surface area contributed by atoms with Gasteiger partial charge in [0.25, 0.3) is 0 Å². The van der Waals surface area contributed by atoms with Gasteiger partial charge in [-0.1, -0.05) is 30.3 Å². The maximum Gasteiger partial charge on any atom is 0.243 e. The van der Waals surface area contributed by atoms with Crippen LogP contribution in [0.25, 0.3) is 11.0 Å². The summed E-state index contributed by atoms with van der Waals surface area (Å²) < 4.78 is 34.5. The van der Waals surface area contributed by atoms with Crippen molar-refractivity contribution in [2.75, 3.05) is 32.8 Å². The molecule has 32 heavy (non-hydrogen) atoms. The number of ether oxygens (including phenoxy) is 1. The highest BCUT2D eigenvalue weighted by Crippen LogP contribution is 2.23. The Labute approximate surface area is 188 Å². The van der Waals surface area contributed by atoms with Crippen molar-refractivity contribution in [1.82, 2.24) is 19.2 Å². The quantitative estimate of drug-likeness (QED) is 0.559. The number of carbonyl (C=O) groups excluding carboxylic acids is 1. The number of nitrogens with zero attached hydrogens (tertiary/aromatic N) is 3. The van der Waals surface area contributed by atoms with Crippen molar-refractivity contribution in [3.63, 3.8) is 0 Å². The third kappa shape index (κ3) is 5.01. The summed E-state index contributed by atoms with van der Waals surface area (Å²) in [6.45, 7) is 2.11. The van der Waals surface area contributed by atoms with Crippen LogP contribution in [0, 0.1) is 0 Å². The van der Waals surface area contributed by atoms with Crippen molar-refractivity contribution in [2.24, 2.45) is 7.05 Å². The molecule has 170 valence electrons. The van der Waals surface area contributed by atoms with E-state index >= 15 is 0 Å². The fourth-order valence-corrected chi connectivity index (χ4v) is 5.28. The topological polar surface area (TPSA) is 93.5 Å². The molecule has 0 aliphatic carbocycles. The van der Waals surface area contributed by atoms with Crippen LogP contribution in [0.3, 0.4) is 0 Å². The minimum atomic E-state index is -3.58. The fourth-order valence-electron chi connectivity index (χ4n) is 3.85. The second kappa shape index (κ2) is 9.81. The predicted molar refractivity (Wildman–Crippen MR) is 122 cm³/mol. The van der Waals surface area contributed by atoms with Crippen LogP contribution in [0.15, 0.2) is 53.4 Å². The lowest BCUT2D eigenvalue weighted by Gasteiger charge is -2.26. The molecule has 1 N–H and O–H groups in total. The van der Waals surface area contributed by atoms with Gasteiger partial charge >= 0.3 is 0 Å². The molecule has 1 aliphatic rings. The first-order valence-corrected chi connectivity index (χ1v) is 12.2. The van der Waals surface area contributed by atoms with E-state index in [9.17, 15) is 13.2 Å². The zero-order chi connectivity index (χ0) is 22.6. The van der Waals surface area contributed by atoms with Gasteiger partial charge in [-0.15, -0.1) is 0 Å². The summed E-state index contributed by atoms with van der Waals surface area (Å²) in [5, 5.41) is 2.95. The van der Waals surface area contributed by atoms with Crippen molar-refractivity contribution in [1.29, 1.82) is 0 Å². The summed E-state index contributed by atoms with van der Waals surface area (Å²) in [7, 11) is -1.69. The first-order valence-electron chi connectivity index (χ1n) is 10.8. The number of carbonyl (C=O) groups is 1. The average molecular weight is 457 g/mol. The number of nitrogens with one attached hydrogen (secondary N) is 1. The molecule has 0 saturated carbocycles. The van der Waals surface area contributed by atoms with Gasteiger partial charge in [0.1, 0.15) is 5.82 Å². The van der Waals surface area contributed by atoms with Crippen LogP contribution in [0.2, 0.25) is 0 Å². The first kappa shape index (κ1) is 22.4. The molecule has 1 saturated heterocycles. The highest BCUT2D eigenvalue weighted by molar-refractivity contribution is 7.89. The van der Waals surface area contributed by atoms with Gasteiger partial charge in [-0.3, -0.25) is 4.79 Å². The molecule has 1 aromatic heterocycles. The third-order valence-corrected chi connectivity index (χ3v) is 7.60. The smallest absolute Gasteiger partial charge is 0.243 e. The summed E-state index contributed by atoms with van der Waals surface area (Å²) in [5.41, 5.74) is 2.64. The van der Waals surface area contributed by atoms with Gasteiger partial charge < -0.3 is 14.6 Å². The number of amides is 1. The van der Waals surface area contributed by atoms with Crippen LogP contribution in [-0.2, 0) is 39.4 Å². The monoisotopic (exact) mass is 456 g/mol. The van der Waals surface area contributed by atoms with E-state index in [1.807, 2.05) is 41.9 Å². The van der Waals surface area contributed by atoms with Crippen molar-refractivity contribution in [3.8, 4) is 0 Å². The summed E-state index contributed by atoms with van der Waals surface area (Å²) >= 11 is 0. The van der Waals surface area contributed by atoms with Gasteiger partial charge in [-0.25, -0.2) is 13.4 Å². The van der Waals surface area contributed by atoms with Gasteiger partial charge in [-0.2, -0.15) is 4.31 Å². The maximum atomic E-state index is 12.9. The standard InChI is InChI=1S/C23H28N4O4S/c1-26-21-8-7-19(32(29,30)27-13-15-31-16-14-27)17-20(21)25-22(26)9-10-23(28)24-12-11-18-5-3-2-4-6-18/h2-8,17H,9-16H2,1H3,(H,24,28). The molecular weight excluding hydrogens is 428 g/mol. The zero-order valence-electron chi connectivity index (χ0n) is 18.2. The second-order valence-electron chi connectivity index (χ2n) is 7.84. The molecule has 0 radical (unpaired) electrons. The van der Waals surface area contributed by atoms with Crippen LogP contribution in [0.4, 0.5) is 0 Å². The van der Waals surface area contributed by atoms with E-state index < -0.39 is 10.0 Å². The van der Waals surface area contributed by atoms with Crippen molar-refractivity contribution >= 4 is 27.0 Å². The van der Waals surface area contributed by atoms with E-state index in [1.54, 1.807) is 18.2 Å². The summed E-state index contributed by atoms with van der Waals surface area (Å²) in [4.78, 5) is 17.1. The molecule has 1 aliphatic heterocycles. The Morgan fingerprint density at radius 1 is 1.09 bits per heavy atom. The number of aryl methyl sites for hydroxylation is 2.